The van der Waals surface area contributed by atoms with Crippen LogP contribution < -0.4 is 4.74 Å². The maximum Gasteiger partial charge on any atom is 0.236 e. The number of pyridine rings is 1. The fraction of sp³-hybridized carbons (Fsp3) is 0.240. The van der Waals surface area contributed by atoms with E-state index in [1.165, 1.54) is 5.56 Å². The molecule has 1 N–H and O–H groups in total. The molecule has 6 nitrogen and oxygen atoms in total. The molecule has 0 atom stereocenters. The van der Waals surface area contributed by atoms with Gasteiger partial charge in [-0.15, -0.1) is 18.2 Å². The van der Waals surface area contributed by atoms with E-state index in [1.54, 1.807) is 0 Å². The van der Waals surface area contributed by atoms with Crippen molar-refractivity contribution >= 4 is 21.9 Å². The van der Waals surface area contributed by atoms with Gasteiger partial charge in [0.15, 0.2) is 5.82 Å². The van der Waals surface area contributed by atoms with E-state index < -0.39 is 0 Å². The van der Waals surface area contributed by atoms with Gasteiger partial charge in [-0.2, -0.15) is 11.1 Å². The number of para-hydroxylation sites is 1. The Labute approximate surface area is 350 Å². The van der Waals surface area contributed by atoms with Crippen LogP contribution in [0.3, 0.4) is 0 Å². The van der Waals surface area contributed by atoms with Crippen molar-refractivity contribution in [2.45, 2.75) is 78.6 Å². The van der Waals surface area contributed by atoms with Gasteiger partial charge >= 0.3 is 0 Å². The second-order valence-corrected chi connectivity index (χ2v) is 17.8. The summed E-state index contributed by atoms with van der Waals surface area (Å²) in [5, 5.41) is 14.4. The molecule has 0 aliphatic heterocycles. The Morgan fingerprint density at radius 1 is 0.649 bits per heavy atom. The zero-order valence-electron chi connectivity index (χ0n) is 34.1. The van der Waals surface area contributed by atoms with Gasteiger partial charge in [-0.25, -0.2) is 4.98 Å². The van der Waals surface area contributed by atoms with E-state index in [9.17, 15) is 5.11 Å². The van der Waals surface area contributed by atoms with Gasteiger partial charge in [0.05, 0.1) is 23.0 Å². The number of hydrogen-bond donors (Lipinski definition) is 1. The minimum absolute atomic E-state index is 0. The topological polar surface area (TPSA) is 65.1 Å². The maximum absolute atomic E-state index is 12.2. The van der Waals surface area contributed by atoms with Gasteiger partial charge in [0.1, 0.15) is 11.4 Å². The van der Waals surface area contributed by atoms with Crippen LogP contribution >= 0.6 is 0 Å². The second-order valence-electron chi connectivity index (χ2n) is 17.8. The number of ether oxygens (including phenoxy) is 1. The van der Waals surface area contributed by atoms with E-state index in [0.717, 1.165) is 55.6 Å². The molecule has 3 aromatic heterocycles. The van der Waals surface area contributed by atoms with E-state index in [2.05, 4.69) is 156 Å². The molecule has 0 aliphatic rings. The van der Waals surface area contributed by atoms with Crippen molar-refractivity contribution in [3.63, 3.8) is 0 Å². The average molecular weight is 933 g/mol. The fourth-order valence-electron chi connectivity index (χ4n) is 7.43. The van der Waals surface area contributed by atoms with E-state index >= 15 is 0 Å². The summed E-state index contributed by atoms with van der Waals surface area (Å²) in [5.74, 6) is 1.68. The monoisotopic (exact) mass is 932 g/mol. The molecule has 0 bridgehead atoms. The first-order chi connectivity index (χ1) is 26.6. The number of benzene rings is 5. The Bertz CT molecular complexity index is 2690. The summed E-state index contributed by atoms with van der Waals surface area (Å²) in [7, 11) is 0. The molecule has 292 valence electrons. The van der Waals surface area contributed by atoms with Gasteiger partial charge in [0.2, 0.25) is 5.88 Å². The van der Waals surface area contributed by atoms with E-state index in [0.29, 0.717) is 23.0 Å². The standard InChI is InChI=1S/C50H49N4O2.Pt/c1-48(2,3)33-24-25-42(39(27-33)32-17-11-10-12-18-32)53-31-44(52-47(53)40-28-34(49(4,5)6)29-41(45(40)55)50(7,8)9)56-36-20-15-19-35(30-36)54-43-23-14-13-21-37(43)38-22-16-26-51-46(38)54;/h10-29,31,55H,1-9H3;/q-1;. The molecule has 5 aromatic carbocycles. The SMILES string of the molecule is CC(C)(C)c1ccc(-n2cc(Oc3[c-]c(-n4c5ccccc5c5cccnc54)ccc3)nc2-c2cc(C(C)(C)C)cc(C(C)(C)C)c2O)c(-c2ccccc2)c1.[Pt]. The quantitative estimate of drug-likeness (QED) is 0.169. The third-order valence-corrected chi connectivity index (χ3v) is 10.6. The van der Waals surface area contributed by atoms with Crippen molar-refractivity contribution in [1.82, 2.24) is 19.1 Å². The van der Waals surface area contributed by atoms with Gasteiger partial charge in [-0.05, 0) is 69.3 Å². The van der Waals surface area contributed by atoms with E-state index in [1.807, 2.05) is 48.8 Å². The molecule has 3 heterocycles. The number of aromatic hydroxyl groups is 1. The molecule has 0 saturated heterocycles. The summed E-state index contributed by atoms with van der Waals surface area (Å²) in [6.45, 7) is 19.7. The average Bonchev–Trinajstić information content (AvgIpc) is 3.73. The summed E-state index contributed by atoms with van der Waals surface area (Å²) in [6.07, 6.45) is 3.75. The smallest absolute Gasteiger partial charge is 0.236 e. The Morgan fingerprint density at radius 3 is 2.05 bits per heavy atom. The first-order valence-corrected chi connectivity index (χ1v) is 19.3. The maximum atomic E-state index is 12.2. The van der Waals surface area contributed by atoms with Gasteiger partial charge in [-0.3, -0.25) is 4.57 Å². The molecular formula is C50H49N4O2Pt-. The Morgan fingerprint density at radius 2 is 1.33 bits per heavy atom. The third-order valence-electron chi connectivity index (χ3n) is 10.6. The first kappa shape index (κ1) is 39.8. The zero-order chi connectivity index (χ0) is 39.6. The van der Waals surface area contributed by atoms with Crippen LogP contribution in [0.15, 0.2) is 128 Å². The Balaban J connectivity index is 0.00000496. The molecule has 0 unspecified atom stereocenters. The number of phenols is 1. The normalized spacial score (nSPS) is 12.2. The van der Waals surface area contributed by atoms with Crippen molar-refractivity contribution in [3.8, 4) is 51.3 Å². The van der Waals surface area contributed by atoms with Gasteiger partial charge < -0.3 is 14.4 Å². The number of imidazole rings is 1. The molecular weight excluding hydrogens is 884 g/mol. The van der Waals surface area contributed by atoms with Crippen LogP contribution in [0.5, 0.6) is 17.4 Å². The summed E-state index contributed by atoms with van der Waals surface area (Å²) >= 11 is 0. The molecule has 0 radical (unpaired) electrons. The van der Waals surface area contributed by atoms with Crippen LogP contribution in [-0.4, -0.2) is 24.2 Å². The third kappa shape index (κ3) is 7.56. The summed E-state index contributed by atoms with van der Waals surface area (Å²) in [6, 6.07) is 43.1. The number of fused-ring (bicyclic) bond motifs is 3. The van der Waals surface area contributed by atoms with Crippen molar-refractivity contribution in [3.05, 3.63) is 150 Å². The molecule has 57 heavy (non-hydrogen) atoms. The van der Waals surface area contributed by atoms with Crippen LogP contribution in [0.4, 0.5) is 0 Å². The molecule has 0 saturated carbocycles. The van der Waals surface area contributed by atoms with E-state index in [4.69, 9.17) is 14.7 Å². The fourth-order valence-corrected chi connectivity index (χ4v) is 7.43. The van der Waals surface area contributed by atoms with Crippen LogP contribution in [0.1, 0.15) is 79.0 Å². The van der Waals surface area contributed by atoms with Gasteiger partial charge in [0, 0.05) is 54.9 Å². The van der Waals surface area contributed by atoms with Crippen LogP contribution in [-0.2, 0) is 37.3 Å². The molecule has 0 fully saturated rings. The first-order valence-electron chi connectivity index (χ1n) is 19.3. The molecule has 7 heteroatoms. The molecule has 0 amide bonds. The van der Waals surface area contributed by atoms with Crippen molar-refractivity contribution < 1.29 is 30.9 Å². The number of rotatable bonds is 6. The van der Waals surface area contributed by atoms with Gasteiger partial charge in [0.25, 0.3) is 0 Å². The number of phenolic OH excluding ortho intramolecular Hbond substituents is 1. The van der Waals surface area contributed by atoms with Crippen LogP contribution in [0, 0.1) is 6.07 Å². The zero-order valence-corrected chi connectivity index (χ0v) is 36.4. The largest absolute Gasteiger partial charge is 0.507 e. The van der Waals surface area contributed by atoms with Gasteiger partial charge in [-0.1, -0.05) is 129 Å². The molecule has 8 aromatic rings. The second kappa shape index (κ2) is 14.8. The number of aromatic nitrogens is 4. The van der Waals surface area contributed by atoms with Crippen molar-refractivity contribution in [2.75, 3.05) is 0 Å². The predicted molar refractivity (Wildman–Crippen MR) is 230 cm³/mol. The van der Waals surface area contributed by atoms with E-state index in [-0.39, 0.29) is 43.1 Å². The molecule has 0 aliphatic carbocycles. The predicted octanol–water partition coefficient (Wildman–Crippen LogP) is 12.9. The van der Waals surface area contributed by atoms with Crippen LogP contribution in [0.25, 0.3) is 55.8 Å². The number of nitrogens with zero attached hydrogens (tertiary/aromatic N) is 4. The summed E-state index contributed by atoms with van der Waals surface area (Å²) < 4.78 is 10.8. The molecule has 0 spiro atoms. The Hall–Kier alpha value is -5.45. The van der Waals surface area contributed by atoms with Crippen molar-refractivity contribution in [2.24, 2.45) is 0 Å². The number of hydrogen-bond acceptors (Lipinski definition) is 4. The van der Waals surface area contributed by atoms with Crippen LogP contribution in [0.2, 0.25) is 0 Å². The van der Waals surface area contributed by atoms with Crippen molar-refractivity contribution in [1.29, 1.82) is 0 Å². The summed E-state index contributed by atoms with van der Waals surface area (Å²) in [4.78, 5) is 9.96. The summed E-state index contributed by atoms with van der Waals surface area (Å²) in [5.41, 5.74) is 9.03. The minimum Gasteiger partial charge on any atom is -0.507 e. The minimum atomic E-state index is -0.322. The molecule has 8 rings (SSSR count). The Kier molecular flexibility index (Phi) is 10.3.